The molecule has 5 nitrogen and oxygen atoms in total. The van der Waals surface area contributed by atoms with E-state index in [2.05, 4.69) is 28.4 Å². The van der Waals surface area contributed by atoms with Gasteiger partial charge in [0.2, 0.25) is 5.91 Å². The summed E-state index contributed by atoms with van der Waals surface area (Å²) in [6.07, 6.45) is 8.31. The second-order valence-electron chi connectivity index (χ2n) is 6.21. The van der Waals surface area contributed by atoms with E-state index in [9.17, 15) is 4.79 Å². The van der Waals surface area contributed by atoms with Gasteiger partial charge in [0.15, 0.2) is 0 Å². The van der Waals surface area contributed by atoms with Gasteiger partial charge in [0.25, 0.3) is 0 Å². The van der Waals surface area contributed by atoms with Gasteiger partial charge in [-0.15, -0.1) is 0 Å². The Kier molecular flexibility index (Phi) is 3.78. The monoisotopic (exact) mass is 276 g/mol. The molecule has 2 aliphatic rings. The Balaban J connectivity index is 1.47. The quantitative estimate of drug-likeness (QED) is 0.906. The smallest absolute Gasteiger partial charge is 0.225 e. The van der Waals surface area contributed by atoms with Crippen molar-refractivity contribution in [3.63, 3.8) is 0 Å². The van der Waals surface area contributed by atoms with Gasteiger partial charge in [-0.25, -0.2) is 0 Å². The molecule has 2 heterocycles. The molecule has 0 bridgehead atoms. The first-order valence-electron chi connectivity index (χ1n) is 7.67. The highest BCUT2D eigenvalue weighted by atomic mass is 16.2. The van der Waals surface area contributed by atoms with Gasteiger partial charge in [-0.2, -0.15) is 5.10 Å². The lowest BCUT2D eigenvalue weighted by molar-refractivity contribution is -0.133. The van der Waals surface area contributed by atoms with Crippen LogP contribution in [0.4, 0.5) is 0 Å². The van der Waals surface area contributed by atoms with Crippen LogP contribution in [0.25, 0.3) is 0 Å². The highest BCUT2D eigenvalue weighted by Crippen LogP contribution is 2.32. The van der Waals surface area contributed by atoms with Gasteiger partial charge in [-0.05, 0) is 32.6 Å². The van der Waals surface area contributed by atoms with Crippen LogP contribution in [0.5, 0.6) is 0 Å². The van der Waals surface area contributed by atoms with Crippen molar-refractivity contribution in [2.45, 2.75) is 44.7 Å². The maximum Gasteiger partial charge on any atom is 0.225 e. The normalized spacial score (nSPS) is 22.0. The molecule has 1 saturated carbocycles. The summed E-state index contributed by atoms with van der Waals surface area (Å²) >= 11 is 0. The first kappa shape index (κ1) is 13.6. The van der Waals surface area contributed by atoms with Gasteiger partial charge in [0.05, 0.1) is 6.20 Å². The third-order valence-corrected chi connectivity index (χ3v) is 4.44. The number of piperidine rings is 1. The van der Waals surface area contributed by atoms with Crippen LogP contribution in [-0.4, -0.2) is 39.7 Å². The van der Waals surface area contributed by atoms with Gasteiger partial charge in [0.1, 0.15) is 0 Å². The van der Waals surface area contributed by atoms with Crippen molar-refractivity contribution in [3.05, 3.63) is 18.0 Å². The van der Waals surface area contributed by atoms with Crippen LogP contribution in [-0.2, 0) is 11.8 Å². The topological polar surface area (TPSA) is 50.2 Å². The highest BCUT2D eigenvalue weighted by Gasteiger charge is 2.35. The Hall–Kier alpha value is -1.36. The van der Waals surface area contributed by atoms with E-state index in [1.54, 1.807) is 0 Å². The number of aromatic nitrogens is 2. The molecule has 0 radical (unpaired) electrons. The van der Waals surface area contributed by atoms with Crippen molar-refractivity contribution in [2.75, 3.05) is 13.1 Å². The van der Waals surface area contributed by atoms with Crippen LogP contribution < -0.4 is 5.32 Å². The number of amides is 1. The Morgan fingerprint density at radius 3 is 2.60 bits per heavy atom. The Bertz CT molecular complexity index is 472. The van der Waals surface area contributed by atoms with Crippen molar-refractivity contribution in [1.29, 1.82) is 0 Å². The molecule has 1 atom stereocenters. The number of carbonyl (C=O) groups is 1. The van der Waals surface area contributed by atoms with Crippen LogP contribution in [0, 0.1) is 5.92 Å². The molecule has 2 fully saturated rings. The zero-order valence-corrected chi connectivity index (χ0v) is 12.4. The summed E-state index contributed by atoms with van der Waals surface area (Å²) in [6, 6.07) is 0.827. The molecule has 1 aromatic heterocycles. The molecule has 1 N–H and O–H groups in total. The molecule has 1 amide bonds. The molecular weight excluding hydrogens is 252 g/mol. The van der Waals surface area contributed by atoms with E-state index in [0.29, 0.717) is 23.9 Å². The summed E-state index contributed by atoms with van der Waals surface area (Å²) in [5.41, 5.74) is 1.23. The fraction of sp³-hybridized carbons (Fsp3) is 0.733. The van der Waals surface area contributed by atoms with Gasteiger partial charge >= 0.3 is 0 Å². The molecule has 0 spiro atoms. The number of hydrogen-bond donors (Lipinski definition) is 1. The van der Waals surface area contributed by atoms with E-state index in [0.717, 1.165) is 38.8 Å². The first-order valence-corrected chi connectivity index (χ1v) is 7.67. The number of hydrogen-bond acceptors (Lipinski definition) is 3. The van der Waals surface area contributed by atoms with Crippen molar-refractivity contribution in [1.82, 2.24) is 20.0 Å². The van der Waals surface area contributed by atoms with Crippen LogP contribution in [0.1, 0.15) is 44.2 Å². The number of rotatable bonds is 4. The van der Waals surface area contributed by atoms with Crippen molar-refractivity contribution in [2.24, 2.45) is 13.0 Å². The summed E-state index contributed by atoms with van der Waals surface area (Å²) in [4.78, 5) is 14.1. The Morgan fingerprint density at radius 2 is 2.05 bits per heavy atom. The predicted octanol–water partition coefficient (Wildman–Crippen LogP) is 1.47. The molecule has 20 heavy (non-hydrogen) atoms. The molecule has 1 saturated heterocycles. The lowest BCUT2D eigenvalue weighted by Crippen LogP contribution is -2.45. The second-order valence-corrected chi connectivity index (χ2v) is 6.21. The summed E-state index contributed by atoms with van der Waals surface area (Å²) in [6.45, 7) is 4.00. The van der Waals surface area contributed by atoms with E-state index in [4.69, 9.17) is 0 Å². The molecule has 0 aromatic carbocycles. The number of nitrogens with one attached hydrogen (secondary N) is 1. The van der Waals surface area contributed by atoms with Crippen molar-refractivity contribution in [3.8, 4) is 0 Å². The Morgan fingerprint density at radius 1 is 1.35 bits per heavy atom. The minimum atomic E-state index is 0.319. The fourth-order valence-electron chi connectivity index (χ4n) is 2.97. The van der Waals surface area contributed by atoms with Crippen LogP contribution in [0.3, 0.4) is 0 Å². The second kappa shape index (κ2) is 5.56. The average molecular weight is 276 g/mol. The standard InChI is InChI=1S/C15H24N4O/c1-11(13-9-16-18(2)10-13)17-14-5-7-19(8-6-14)15(20)12-3-4-12/h9-12,14,17H,3-8H2,1-2H3. The highest BCUT2D eigenvalue weighted by molar-refractivity contribution is 5.81. The van der Waals surface area contributed by atoms with Crippen molar-refractivity contribution < 1.29 is 4.79 Å². The maximum absolute atomic E-state index is 12.0. The van der Waals surface area contributed by atoms with E-state index >= 15 is 0 Å². The zero-order valence-electron chi connectivity index (χ0n) is 12.4. The zero-order chi connectivity index (χ0) is 14.1. The number of nitrogens with zero attached hydrogens (tertiary/aromatic N) is 3. The number of carbonyl (C=O) groups excluding carboxylic acids is 1. The van der Waals surface area contributed by atoms with E-state index in [1.165, 1.54) is 5.56 Å². The van der Waals surface area contributed by atoms with Crippen LogP contribution in [0.2, 0.25) is 0 Å². The van der Waals surface area contributed by atoms with E-state index in [-0.39, 0.29) is 0 Å². The van der Waals surface area contributed by atoms with Crippen LogP contribution >= 0.6 is 0 Å². The maximum atomic E-state index is 12.0. The molecule has 3 rings (SSSR count). The van der Waals surface area contributed by atoms with Gasteiger partial charge in [-0.3, -0.25) is 9.48 Å². The molecule has 1 aliphatic heterocycles. The lowest BCUT2D eigenvalue weighted by atomic mass is 10.0. The summed E-state index contributed by atoms with van der Waals surface area (Å²) in [7, 11) is 1.94. The summed E-state index contributed by atoms with van der Waals surface area (Å²) in [5.74, 6) is 0.748. The Labute approximate surface area is 120 Å². The molecule has 1 unspecified atom stereocenters. The summed E-state index contributed by atoms with van der Waals surface area (Å²) < 4.78 is 1.84. The molecule has 1 aliphatic carbocycles. The van der Waals surface area contributed by atoms with Gasteiger partial charge in [-0.1, -0.05) is 0 Å². The van der Waals surface area contributed by atoms with Gasteiger partial charge in [0, 0.05) is 49.9 Å². The van der Waals surface area contributed by atoms with Gasteiger partial charge < -0.3 is 10.2 Å². The SMILES string of the molecule is CC(NC1CCN(C(=O)C2CC2)CC1)c1cnn(C)c1. The number of aryl methyl sites for hydroxylation is 1. The minimum absolute atomic E-state index is 0.319. The molecule has 5 heteroatoms. The molecule has 1 aromatic rings. The third kappa shape index (κ3) is 3.03. The summed E-state index contributed by atoms with van der Waals surface area (Å²) in [5, 5.41) is 7.88. The average Bonchev–Trinajstić information content (AvgIpc) is 3.20. The number of likely N-dealkylation sites (tertiary alicyclic amines) is 1. The first-order chi connectivity index (χ1) is 9.63. The molecule has 110 valence electrons. The fourth-order valence-corrected chi connectivity index (χ4v) is 2.97. The van der Waals surface area contributed by atoms with Crippen molar-refractivity contribution >= 4 is 5.91 Å². The third-order valence-electron chi connectivity index (χ3n) is 4.44. The van der Waals surface area contributed by atoms with E-state index < -0.39 is 0 Å². The molecular formula is C15H24N4O. The van der Waals surface area contributed by atoms with Crippen LogP contribution in [0.15, 0.2) is 12.4 Å². The van der Waals surface area contributed by atoms with E-state index in [1.807, 2.05) is 17.9 Å². The minimum Gasteiger partial charge on any atom is -0.342 e. The predicted molar refractivity (Wildman–Crippen MR) is 77.1 cm³/mol. The lowest BCUT2D eigenvalue weighted by Gasteiger charge is -2.34. The largest absolute Gasteiger partial charge is 0.342 e.